The lowest BCUT2D eigenvalue weighted by molar-refractivity contribution is -0.115. The number of methoxy groups -OCH3 is 1. The Kier molecular flexibility index (Phi) is 4.48. The van der Waals surface area contributed by atoms with Gasteiger partial charge in [-0.2, -0.15) is 0 Å². The number of amides is 1. The van der Waals surface area contributed by atoms with Gasteiger partial charge in [0, 0.05) is 10.7 Å². The molecule has 104 valence electrons. The number of hydrogen-bond donors (Lipinski definition) is 2. The minimum absolute atomic E-state index is 0.156. The second-order valence-corrected chi connectivity index (χ2v) is 4.75. The van der Waals surface area contributed by atoms with Gasteiger partial charge in [0.2, 0.25) is 5.91 Å². The van der Waals surface area contributed by atoms with Crippen LogP contribution in [0.5, 0.6) is 5.75 Å². The van der Waals surface area contributed by atoms with Crippen molar-refractivity contribution < 1.29 is 9.53 Å². The molecule has 0 saturated heterocycles. The Balaban J connectivity index is 2.10. The van der Waals surface area contributed by atoms with E-state index in [2.05, 4.69) is 5.32 Å². The smallest absolute Gasteiger partial charge is 0.228 e. The van der Waals surface area contributed by atoms with Crippen molar-refractivity contribution in [2.75, 3.05) is 18.2 Å². The molecule has 0 aliphatic heterocycles. The van der Waals surface area contributed by atoms with Crippen LogP contribution in [-0.4, -0.2) is 13.0 Å². The van der Waals surface area contributed by atoms with Crippen molar-refractivity contribution >= 4 is 28.9 Å². The first kappa shape index (κ1) is 14.2. The lowest BCUT2D eigenvalue weighted by Crippen LogP contribution is -2.15. The molecule has 4 nitrogen and oxygen atoms in total. The molecule has 1 amide bonds. The summed E-state index contributed by atoms with van der Waals surface area (Å²) in [6.07, 6.45) is 0.237. The number of benzene rings is 2. The predicted molar refractivity (Wildman–Crippen MR) is 81.2 cm³/mol. The number of carbonyl (C=O) groups is 1. The highest BCUT2D eigenvalue weighted by molar-refractivity contribution is 6.31. The highest BCUT2D eigenvalue weighted by Crippen LogP contribution is 2.27. The Morgan fingerprint density at radius 3 is 2.80 bits per heavy atom. The molecule has 0 heterocycles. The highest BCUT2D eigenvalue weighted by atomic mass is 35.5. The Labute approximate surface area is 122 Å². The van der Waals surface area contributed by atoms with Crippen molar-refractivity contribution in [1.29, 1.82) is 0 Å². The van der Waals surface area contributed by atoms with Crippen LogP contribution in [0.3, 0.4) is 0 Å². The molecular weight excluding hydrogens is 276 g/mol. The number of nitrogens with one attached hydrogen (secondary N) is 1. The molecule has 0 aliphatic carbocycles. The van der Waals surface area contributed by atoms with E-state index in [0.717, 1.165) is 5.56 Å². The zero-order valence-electron chi connectivity index (χ0n) is 11.0. The number of nitrogens with two attached hydrogens (primary N) is 1. The normalized spacial score (nSPS) is 10.1. The minimum atomic E-state index is -0.156. The third-order valence-corrected chi connectivity index (χ3v) is 2.99. The predicted octanol–water partition coefficient (Wildman–Crippen LogP) is 3.11. The number of hydrogen-bond acceptors (Lipinski definition) is 3. The summed E-state index contributed by atoms with van der Waals surface area (Å²) < 4.78 is 5.18. The average molecular weight is 291 g/mol. The van der Waals surface area contributed by atoms with Crippen molar-refractivity contribution in [2.24, 2.45) is 0 Å². The lowest BCUT2D eigenvalue weighted by atomic mass is 10.1. The molecule has 2 aromatic rings. The van der Waals surface area contributed by atoms with Gasteiger partial charge in [-0.1, -0.05) is 23.7 Å². The van der Waals surface area contributed by atoms with Gasteiger partial charge >= 0.3 is 0 Å². The molecule has 0 aliphatic rings. The van der Waals surface area contributed by atoms with Crippen LogP contribution in [-0.2, 0) is 11.2 Å². The molecule has 20 heavy (non-hydrogen) atoms. The third-order valence-electron chi connectivity index (χ3n) is 2.75. The van der Waals surface area contributed by atoms with E-state index < -0.39 is 0 Å². The van der Waals surface area contributed by atoms with Crippen molar-refractivity contribution in [3.8, 4) is 5.75 Å². The Bertz CT molecular complexity index is 629. The molecule has 0 saturated carbocycles. The summed E-state index contributed by atoms with van der Waals surface area (Å²) in [5.74, 6) is 0.409. The minimum Gasteiger partial charge on any atom is -0.495 e. The molecule has 0 fully saturated rings. The molecule has 0 bridgehead atoms. The van der Waals surface area contributed by atoms with Crippen LogP contribution in [0.25, 0.3) is 0 Å². The summed E-state index contributed by atoms with van der Waals surface area (Å²) in [6, 6.07) is 12.3. The number of nitrogen functional groups attached to an aromatic ring is 1. The van der Waals surface area contributed by atoms with Gasteiger partial charge in [-0.05, 0) is 35.9 Å². The van der Waals surface area contributed by atoms with Gasteiger partial charge in [-0.3, -0.25) is 4.79 Å². The largest absolute Gasteiger partial charge is 0.495 e. The summed E-state index contributed by atoms with van der Waals surface area (Å²) in [6.45, 7) is 0. The molecule has 2 rings (SSSR count). The maximum Gasteiger partial charge on any atom is 0.228 e. The zero-order valence-corrected chi connectivity index (χ0v) is 11.8. The van der Waals surface area contributed by atoms with Gasteiger partial charge in [0.1, 0.15) is 5.75 Å². The summed E-state index contributed by atoms with van der Waals surface area (Å²) in [5.41, 5.74) is 7.72. The summed E-state index contributed by atoms with van der Waals surface area (Å²) in [4.78, 5) is 12.0. The molecular formula is C15H15ClN2O2. The molecule has 0 spiro atoms. The van der Waals surface area contributed by atoms with Crippen molar-refractivity contribution in [2.45, 2.75) is 6.42 Å². The van der Waals surface area contributed by atoms with E-state index in [1.54, 1.807) is 30.3 Å². The fraction of sp³-hybridized carbons (Fsp3) is 0.133. The second kappa shape index (κ2) is 6.30. The van der Waals surface area contributed by atoms with Crippen molar-refractivity contribution in [3.05, 3.63) is 53.1 Å². The van der Waals surface area contributed by atoms with Crippen LogP contribution < -0.4 is 15.8 Å². The van der Waals surface area contributed by atoms with Crippen LogP contribution in [0.2, 0.25) is 5.02 Å². The molecule has 0 unspecified atom stereocenters. The summed E-state index contributed by atoms with van der Waals surface area (Å²) in [7, 11) is 1.54. The van der Waals surface area contributed by atoms with Crippen LogP contribution in [0, 0.1) is 0 Å². The molecule has 0 radical (unpaired) electrons. The van der Waals surface area contributed by atoms with E-state index in [1.807, 2.05) is 12.1 Å². The van der Waals surface area contributed by atoms with E-state index in [-0.39, 0.29) is 12.3 Å². The van der Waals surface area contributed by atoms with Gasteiger partial charge in [-0.25, -0.2) is 0 Å². The topological polar surface area (TPSA) is 64.3 Å². The molecule has 3 N–H and O–H groups in total. The monoisotopic (exact) mass is 290 g/mol. The van der Waals surface area contributed by atoms with Crippen molar-refractivity contribution in [3.63, 3.8) is 0 Å². The SMILES string of the molecule is COc1ccc(Cl)cc1NC(=O)Cc1cccc(N)c1. The summed E-state index contributed by atoms with van der Waals surface area (Å²) >= 11 is 5.91. The van der Waals surface area contributed by atoms with Crippen LogP contribution >= 0.6 is 11.6 Å². The molecule has 0 aromatic heterocycles. The number of rotatable bonds is 4. The van der Waals surface area contributed by atoms with Gasteiger partial charge in [-0.15, -0.1) is 0 Å². The van der Waals surface area contributed by atoms with E-state index in [9.17, 15) is 4.79 Å². The first-order valence-electron chi connectivity index (χ1n) is 6.06. The lowest BCUT2D eigenvalue weighted by Gasteiger charge is -2.10. The van der Waals surface area contributed by atoms with Gasteiger partial charge < -0.3 is 15.8 Å². The number of carbonyl (C=O) groups excluding carboxylic acids is 1. The fourth-order valence-electron chi connectivity index (χ4n) is 1.86. The molecule has 0 atom stereocenters. The van der Waals surface area contributed by atoms with Crippen LogP contribution in [0.1, 0.15) is 5.56 Å². The van der Waals surface area contributed by atoms with Crippen LogP contribution in [0.4, 0.5) is 11.4 Å². The van der Waals surface area contributed by atoms with E-state index >= 15 is 0 Å². The number of anilines is 2. The van der Waals surface area contributed by atoms with Gasteiger partial charge in [0.25, 0.3) is 0 Å². The first-order chi connectivity index (χ1) is 9.58. The van der Waals surface area contributed by atoms with Gasteiger partial charge in [0.05, 0.1) is 19.2 Å². The highest BCUT2D eigenvalue weighted by Gasteiger charge is 2.09. The quantitative estimate of drug-likeness (QED) is 0.850. The number of halogens is 1. The zero-order chi connectivity index (χ0) is 14.5. The Morgan fingerprint density at radius 2 is 2.10 bits per heavy atom. The third kappa shape index (κ3) is 3.65. The Hall–Kier alpha value is -2.20. The van der Waals surface area contributed by atoms with E-state index in [0.29, 0.717) is 22.1 Å². The standard InChI is InChI=1S/C15H15ClN2O2/c1-20-14-6-5-11(16)9-13(14)18-15(19)8-10-3-2-4-12(17)7-10/h2-7,9H,8,17H2,1H3,(H,18,19). The first-order valence-corrected chi connectivity index (χ1v) is 6.44. The van der Waals surface area contributed by atoms with E-state index in [1.165, 1.54) is 7.11 Å². The Morgan fingerprint density at radius 1 is 1.30 bits per heavy atom. The summed E-state index contributed by atoms with van der Waals surface area (Å²) in [5, 5.41) is 3.31. The maximum absolute atomic E-state index is 12.0. The fourth-order valence-corrected chi connectivity index (χ4v) is 2.03. The number of ether oxygens (including phenoxy) is 1. The van der Waals surface area contributed by atoms with E-state index in [4.69, 9.17) is 22.1 Å². The molecule has 5 heteroatoms. The van der Waals surface area contributed by atoms with Crippen LogP contribution in [0.15, 0.2) is 42.5 Å². The molecule has 2 aromatic carbocycles. The second-order valence-electron chi connectivity index (χ2n) is 4.31. The average Bonchev–Trinajstić information content (AvgIpc) is 2.38. The maximum atomic E-state index is 12.0. The van der Waals surface area contributed by atoms with Crippen molar-refractivity contribution in [1.82, 2.24) is 0 Å². The van der Waals surface area contributed by atoms with Gasteiger partial charge in [0.15, 0.2) is 0 Å².